The van der Waals surface area contributed by atoms with Crippen molar-refractivity contribution in [2.24, 2.45) is 0 Å². The minimum Gasteiger partial charge on any atom is -0.493 e. The number of hydrogen-bond acceptors (Lipinski definition) is 4. The van der Waals surface area contributed by atoms with Crippen LogP contribution in [-0.4, -0.2) is 27.0 Å². The summed E-state index contributed by atoms with van der Waals surface area (Å²) in [6, 6.07) is 12.9. The van der Waals surface area contributed by atoms with Gasteiger partial charge in [-0.15, -0.1) is 0 Å². The van der Waals surface area contributed by atoms with Gasteiger partial charge in [0.15, 0.2) is 0 Å². The molecule has 0 radical (unpaired) electrons. The van der Waals surface area contributed by atoms with E-state index < -0.39 is 10.0 Å². The van der Waals surface area contributed by atoms with E-state index >= 15 is 0 Å². The van der Waals surface area contributed by atoms with Crippen LogP contribution in [0.15, 0.2) is 53.4 Å². The van der Waals surface area contributed by atoms with Gasteiger partial charge in [-0.3, -0.25) is 4.79 Å². The molecule has 0 unspecified atom stereocenters. The molecule has 0 aliphatic carbocycles. The summed E-state index contributed by atoms with van der Waals surface area (Å²) < 4.78 is 32.6. The van der Waals surface area contributed by atoms with Crippen LogP contribution in [0.3, 0.4) is 0 Å². The first-order valence-electron chi connectivity index (χ1n) is 8.53. The second-order valence-corrected chi connectivity index (χ2v) is 7.55. The average Bonchev–Trinajstić information content (AvgIpc) is 2.62. The molecule has 0 heterocycles. The van der Waals surface area contributed by atoms with Crippen molar-refractivity contribution in [2.75, 3.05) is 11.9 Å². The molecule has 0 aromatic heterocycles. The Balaban J connectivity index is 2.13. The van der Waals surface area contributed by atoms with Crippen LogP contribution in [0, 0.1) is 0 Å². The molecule has 0 fully saturated rings. The first-order chi connectivity index (χ1) is 12.4. The molecule has 1 amide bonds. The number of benzene rings is 2. The van der Waals surface area contributed by atoms with E-state index in [1.165, 1.54) is 12.1 Å². The summed E-state index contributed by atoms with van der Waals surface area (Å²) in [7, 11) is -3.57. The standard InChI is InChI=1S/C19H24N2O4S/c1-4-14(3)21-26(23,24)16-12-10-15(11-13-16)20-19(22)17-8-6-7-9-18(17)25-5-2/h6-14,21H,4-5H2,1-3H3,(H,20,22)/t14-/m1/s1. The van der Waals surface area contributed by atoms with Crippen molar-refractivity contribution in [1.82, 2.24) is 4.72 Å². The predicted octanol–water partition coefficient (Wildman–Crippen LogP) is 3.41. The molecule has 2 N–H and O–H groups in total. The number of carbonyl (C=O) groups is 1. The van der Waals surface area contributed by atoms with Gasteiger partial charge in [0.05, 0.1) is 17.1 Å². The number of carbonyl (C=O) groups excluding carboxylic acids is 1. The highest BCUT2D eigenvalue weighted by Gasteiger charge is 2.17. The number of anilines is 1. The van der Waals surface area contributed by atoms with Crippen molar-refractivity contribution in [2.45, 2.75) is 38.1 Å². The first-order valence-corrected chi connectivity index (χ1v) is 10.0. The quantitative estimate of drug-likeness (QED) is 0.739. The van der Waals surface area contributed by atoms with Gasteiger partial charge < -0.3 is 10.1 Å². The molecular weight excluding hydrogens is 352 g/mol. The molecule has 0 bridgehead atoms. The molecule has 0 saturated carbocycles. The van der Waals surface area contributed by atoms with Crippen molar-refractivity contribution in [1.29, 1.82) is 0 Å². The van der Waals surface area contributed by atoms with Crippen molar-refractivity contribution >= 4 is 21.6 Å². The maximum absolute atomic E-state index is 12.5. The number of para-hydroxylation sites is 1. The Labute approximate surface area is 154 Å². The Bertz CT molecular complexity index is 848. The lowest BCUT2D eigenvalue weighted by atomic mass is 10.2. The largest absolute Gasteiger partial charge is 0.493 e. The molecule has 140 valence electrons. The number of ether oxygens (including phenoxy) is 1. The minimum atomic E-state index is -3.57. The third kappa shape index (κ3) is 5.06. The Morgan fingerprint density at radius 1 is 1.08 bits per heavy atom. The molecule has 0 aliphatic rings. The summed E-state index contributed by atoms with van der Waals surface area (Å²) in [6.07, 6.45) is 0.701. The summed E-state index contributed by atoms with van der Waals surface area (Å²) in [5.41, 5.74) is 0.924. The molecule has 7 heteroatoms. The molecule has 2 aromatic carbocycles. The van der Waals surface area contributed by atoms with Crippen LogP contribution in [0.25, 0.3) is 0 Å². The van der Waals surface area contributed by atoms with E-state index in [1.54, 1.807) is 36.4 Å². The summed E-state index contributed by atoms with van der Waals surface area (Å²) in [5.74, 6) is 0.187. The van der Waals surface area contributed by atoms with Gasteiger partial charge in [-0.2, -0.15) is 0 Å². The lowest BCUT2D eigenvalue weighted by molar-refractivity contribution is 0.102. The number of amides is 1. The van der Waals surface area contributed by atoms with Crippen molar-refractivity contribution in [3.05, 3.63) is 54.1 Å². The summed E-state index contributed by atoms with van der Waals surface area (Å²) >= 11 is 0. The second kappa shape index (κ2) is 8.82. The zero-order valence-corrected chi connectivity index (χ0v) is 16.0. The molecule has 2 rings (SSSR count). The van der Waals surface area contributed by atoms with Crippen LogP contribution in [-0.2, 0) is 10.0 Å². The third-order valence-electron chi connectivity index (χ3n) is 3.82. The molecule has 0 saturated heterocycles. The third-order valence-corrected chi connectivity index (χ3v) is 5.43. The average molecular weight is 376 g/mol. The number of hydrogen-bond donors (Lipinski definition) is 2. The van der Waals surface area contributed by atoms with Crippen LogP contribution in [0.2, 0.25) is 0 Å². The number of rotatable bonds is 8. The highest BCUT2D eigenvalue weighted by Crippen LogP contribution is 2.20. The first kappa shape index (κ1) is 19.9. The monoisotopic (exact) mass is 376 g/mol. The number of sulfonamides is 1. The predicted molar refractivity (Wildman–Crippen MR) is 102 cm³/mol. The van der Waals surface area contributed by atoms with Gasteiger partial charge in [0.25, 0.3) is 5.91 Å². The fraction of sp³-hybridized carbons (Fsp3) is 0.316. The van der Waals surface area contributed by atoms with Gasteiger partial charge in [0, 0.05) is 11.7 Å². The highest BCUT2D eigenvalue weighted by molar-refractivity contribution is 7.89. The Hall–Kier alpha value is -2.38. The maximum Gasteiger partial charge on any atom is 0.259 e. The van der Waals surface area contributed by atoms with E-state index in [0.717, 1.165) is 0 Å². The molecule has 26 heavy (non-hydrogen) atoms. The van der Waals surface area contributed by atoms with Crippen LogP contribution in [0.5, 0.6) is 5.75 Å². The minimum absolute atomic E-state index is 0.144. The molecule has 1 atom stereocenters. The molecule has 0 aliphatic heterocycles. The summed E-state index contributed by atoms with van der Waals surface area (Å²) in [6.45, 7) is 6.02. The smallest absolute Gasteiger partial charge is 0.259 e. The molecule has 0 spiro atoms. The van der Waals surface area contributed by atoms with Gasteiger partial charge in [0.2, 0.25) is 10.0 Å². The number of nitrogens with one attached hydrogen (secondary N) is 2. The van der Waals surface area contributed by atoms with Crippen LogP contribution >= 0.6 is 0 Å². The highest BCUT2D eigenvalue weighted by atomic mass is 32.2. The fourth-order valence-corrected chi connectivity index (χ4v) is 3.59. The van der Waals surface area contributed by atoms with E-state index in [4.69, 9.17) is 4.74 Å². The van der Waals surface area contributed by atoms with E-state index in [-0.39, 0.29) is 16.8 Å². The molecule has 2 aromatic rings. The van der Waals surface area contributed by atoms with Crippen molar-refractivity contribution in [3.63, 3.8) is 0 Å². The van der Waals surface area contributed by atoms with Crippen LogP contribution in [0.4, 0.5) is 5.69 Å². The Kier molecular flexibility index (Phi) is 6.76. The Morgan fingerprint density at radius 3 is 2.35 bits per heavy atom. The van der Waals surface area contributed by atoms with Gasteiger partial charge in [0.1, 0.15) is 5.75 Å². The Morgan fingerprint density at radius 2 is 1.73 bits per heavy atom. The van der Waals surface area contributed by atoms with E-state index in [9.17, 15) is 13.2 Å². The lowest BCUT2D eigenvalue weighted by Crippen LogP contribution is -2.31. The van der Waals surface area contributed by atoms with E-state index in [0.29, 0.717) is 30.0 Å². The zero-order valence-electron chi connectivity index (χ0n) is 15.2. The topological polar surface area (TPSA) is 84.5 Å². The SMILES string of the molecule is CCOc1ccccc1C(=O)Nc1ccc(S(=O)(=O)N[C@H](C)CC)cc1. The van der Waals surface area contributed by atoms with Crippen molar-refractivity contribution in [3.8, 4) is 5.75 Å². The normalized spacial score (nSPS) is 12.4. The van der Waals surface area contributed by atoms with E-state index in [1.807, 2.05) is 20.8 Å². The van der Waals surface area contributed by atoms with Crippen molar-refractivity contribution < 1.29 is 17.9 Å². The summed E-state index contributed by atoms with van der Waals surface area (Å²) in [4.78, 5) is 12.6. The van der Waals surface area contributed by atoms with E-state index in [2.05, 4.69) is 10.0 Å². The van der Waals surface area contributed by atoms with Gasteiger partial charge in [-0.05, 0) is 56.7 Å². The van der Waals surface area contributed by atoms with Gasteiger partial charge in [-0.25, -0.2) is 13.1 Å². The van der Waals surface area contributed by atoms with Gasteiger partial charge in [-0.1, -0.05) is 19.1 Å². The van der Waals surface area contributed by atoms with Gasteiger partial charge >= 0.3 is 0 Å². The lowest BCUT2D eigenvalue weighted by Gasteiger charge is -2.13. The van der Waals surface area contributed by atoms with Crippen LogP contribution in [0.1, 0.15) is 37.6 Å². The fourth-order valence-electron chi connectivity index (χ4n) is 2.27. The second-order valence-electron chi connectivity index (χ2n) is 5.84. The maximum atomic E-state index is 12.5. The summed E-state index contributed by atoms with van der Waals surface area (Å²) in [5, 5.41) is 2.75. The van der Waals surface area contributed by atoms with Crippen LogP contribution < -0.4 is 14.8 Å². The molecular formula is C19H24N2O4S. The zero-order chi connectivity index (χ0) is 19.2. The molecule has 6 nitrogen and oxygen atoms in total.